The van der Waals surface area contributed by atoms with Crippen LogP contribution in [0.25, 0.3) is 33.3 Å². The molecule has 1 amide bonds. The van der Waals surface area contributed by atoms with Crippen LogP contribution in [0.4, 0.5) is 5.69 Å². The van der Waals surface area contributed by atoms with E-state index in [1.54, 1.807) is 24.3 Å². The molecule has 8 heteroatoms. The predicted molar refractivity (Wildman–Crippen MR) is 163 cm³/mol. The number of ether oxygens (including phenoxy) is 1. The molecule has 0 radical (unpaired) electrons. The molecule has 5 aromatic carbocycles. The Kier molecular flexibility index (Phi) is 7.14. The maximum Gasteiger partial charge on any atom is 0.257 e. The highest BCUT2D eigenvalue weighted by molar-refractivity contribution is 7.80. The Bertz CT molecular complexity index is 1850. The minimum Gasteiger partial charge on any atom is -0.489 e. The fourth-order valence-electron chi connectivity index (χ4n) is 4.36. The SMILES string of the molecule is O=C(NC(=S)Nc1ccc2oc(-c3cccc4c(Cl)cccc34)nc2c1)c1ccc(OCc2ccccc2)cc1. The van der Waals surface area contributed by atoms with Crippen LogP contribution in [0, 0.1) is 0 Å². The minimum atomic E-state index is -0.327. The van der Waals surface area contributed by atoms with Crippen LogP contribution in [0.15, 0.2) is 114 Å². The molecule has 1 heterocycles. The quantitative estimate of drug-likeness (QED) is 0.200. The molecule has 6 aromatic rings. The zero-order valence-electron chi connectivity index (χ0n) is 21.1. The van der Waals surface area contributed by atoms with Gasteiger partial charge in [-0.05, 0) is 77.8 Å². The van der Waals surface area contributed by atoms with Crippen molar-refractivity contribution in [3.8, 4) is 17.2 Å². The number of amides is 1. The molecule has 40 heavy (non-hydrogen) atoms. The third-order valence-corrected chi connectivity index (χ3v) is 6.87. The summed E-state index contributed by atoms with van der Waals surface area (Å²) in [5.74, 6) is 0.839. The van der Waals surface area contributed by atoms with Crippen LogP contribution in [-0.4, -0.2) is 16.0 Å². The van der Waals surface area contributed by atoms with E-state index in [-0.39, 0.29) is 11.0 Å². The molecule has 1 aromatic heterocycles. The lowest BCUT2D eigenvalue weighted by Gasteiger charge is -2.10. The fourth-order valence-corrected chi connectivity index (χ4v) is 4.81. The number of nitrogens with zero attached hydrogens (tertiary/aromatic N) is 1. The molecule has 2 N–H and O–H groups in total. The molecule has 0 atom stereocenters. The Morgan fingerprint density at radius 2 is 1.65 bits per heavy atom. The van der Waals surface area contributed by atoms with Gasteiger partial charge in [0.1, 0.15) is 17.9 Å². The number of halogens is 1. The van der Waals surface area contributed by atoms with Gasteiger partial charge in [-0.1, -0.05) is 66.2 Å². The van der Waals surface area contributed by atoms with Gasteiger partial charge >= 0.3 is 0 Å². The second-order valence-corrected chi connectivity index (χ2v) is 9.86. The molecule has 0 aliphatic heterocycles. The average molecular weight is 564 g/mol. The van der Waals surface area contributed by atoms with E-state index in [0.29, 0.717) is 45.6 Å². The lowest BCUT2D eigenvalue weighted by molar-refractivity contribution is 0.0977. The lowest BCUT2D eigenvalue weighted by atomic mass is 10.0. The Balaban J connectivity index is 1.11. The van der Waals surface area contributed by atoms with Crippen molar-refractivity contribution in [2.24, 2.45) is 0 Å². The molecule has 0 unspecified atom stereocenters. The van der Waals surface area contributed by atoms with Gasteiger partial charge in [-0.25, -0.2) is 4.98 Å². The number of aromatic nitrogens is 1. The Morgan fingerprint density at radius 3 is 2.48 bits per heavy atom. The molecule has 0 bridgehead atoms. The van der Waals surface area contributed by atoms with Gasteiger partial charge in [0, 0.05) is 27.2 Å². The van der Waals surface area contributed by atoms with Gasteiger partial charge in [-0.3, -0.25) is 10.1 Å². The zero-order chi connectivity index (χ0) is 27.5. The van der Waals surface area contributed by atoms with Gasteiger partial charge in [0.2, 0.25) is 5.89 Å². The average Bonchev–Trinajstić information content (AvgIpc) is 3.40. The number of carbonyl (C=O) groups is 1. The van der Waals surface area contributed by atoms with E-state index in [1.807, 2.05) is 84.9 Å². The lowest BCUT2D eigenvalue weighted by Crippen LogP contribution is -2.34. The highest BCUT2D eigenvalue weighted by Crippen LogP contribution is 2.34. The summed E-state index contributed by atoms with van der Waals surface area (Å²) in [7, 11) is 0. The molecule has 0 fully saturated rings. The van der Waals surface area contributed by atoms with E-state index < -0.39 is 0 Å². The third kappa shape index (κ3) is 5.52. The van der Waals surface area contributed by atoms with Crippen molar-refractivity contribution in [1.82, 2.24) is 10.3 Å². The number of hydrogen-bond acceptors (Lipinski definition) is 5. The van der Waals surface area contributed by atoms with Crippen molar-refractivity contribution < 1.29 is 13.9 Å². The summed E-state index contributed by atoms with van der Waals surface area (Å²) in [6.45, 7) is 0.452. The van der Waals surface area contributed by atoms with E-state index >= 15 is 0 Å². The van der Waals surface area contributed by atoms with Gasteiger partial charge in [0.05, 0.1) is 0 Å². The van der Waals surface area contributed by atoms with E-state index in [9.17, 15) is 4.79 Å². The summed E-state index contributed by atoms with van der Waals surface area (Å²) in [6.07, 6.45) is 0. The monoisotopic (exact) mass is 563 g/mol. The highest BCUT2D eigenvalue weighted by Gasteiger charge is 2.14. The van der Waals surface area contributed by atoms with Gasteiger partial charge in [-0.15, -0.1) is 0 Å². The Morgan fingerprint density at radius 1 is 0.875 bits per heavy atom. The largest absolute Gasteiger partial charge is 0.489 e. The second kappa shape index (κ2) is 11.2. The molecular weight excluding hydrogens is 542 g/mol. The summed E-state index contributed by atoms with van der Waals surface area (Å²) < 4.78 is 11.8. The number of hydrogen-bond donors (Lipinski definition) is 2. The number of anilines is 1. The van der Waals surface area contributed by atoms with Crippen molar-refractivity contribution in [3.05, 3.63) is 125 Å². The van der Waals surface area contributed by atoms with Crippen molar-refractivity contribution in [2.75, 3.05) is 5.32 Å². The van der Waals surface area contributed by atoms with Gasteiger partial charge in [0.25, 0.3) is 5.91 Å². The van der Waals surface area contributed by atoms with Crippen LogP contribution in [0.5, 0.6) is 5.75 Å². The first-order chi connectivity index (χ1) is 19.5. The fraction of sp³-hybridized carbons (Fsp3) is 0.0312. The first-order valence-corrected chi connectivity index (χ1v) is 13.3. The normalized spacial score (nSPS) is 10.9. The third-order valence-electron chi connectivity index (χ3n) is 6.34. The molecule has 6 rings (SSSR count). The molecule has 0 aliphatic carbocycles. The topological polar surface area (TPSA) is 76.4 Å². The smallest absolute Gasteiger partial charge is 0.257 e. The predicted octanol–water partition coefficient (Wildman–Crippen LogP) is 8.01. The molecule has 0 saturated carbocycles. The number of fused-ring (bicyclic) bond motifs is 2. The Labute approximate surface area is 240 Å². The van der Waals surface area contributed by atoms with Gasteiger partial charge in [0.15, 0.2) is 10.7 Å². The van der Waals surface area contributed by atoms with Crippen LogP contribution >= 0.6 is 23.8 Å². The number of carbonyl (C=O) groups excluding carboxylic acids is 1. The van der Waals surface area contributed by atoms with Gasteiger partial charge in [-0.2, -0.15) is 0 Å². The molecule has 0 saturated heterocycles. The number of benzene rings is 5. The minimum absolute atomic E-state index is 0.168. The first kappa shape index (κ1) is 25.6. The first-order valence-electron chi connectivity index (χ1n) is 12.5. The summed E-state index contributed by atoms with van der Waals surface area (Å²) in [5, 5.41) is 8.49. The number of nitrogens with one attached hydrogen (secondary N) is 2. The van der Waals surface area contributed by atoms with E-state index in [4.69, 9.17) is 33.0 Å². The molecular formula is C32H22ClN3O3S. The van der Waals surface area contributed by atoms with Crippen molar-refractivity contribution in [3.63, 3.8) is 0 Å². The zero-order valence-corrected chi connectivity index (χ0v) is 22.6. The standard InChI is InChI=1S/C32H22ClN3O3S/c33-27-11-5-8-24-25(27)9-4-10-26(24)31-35-28-18-22(14-17-29(28)39-31)34-32(40)36-30(37)21-12-15-23(16-13-21)38-19-20-6-2-1-3-7-20/h1-18H,19H2,(H2,34,36,37,40). The van der Waals surface area contributed by atoms with Gasteiger partial charge < -0.3 is 14.5 Å². The van der Waals surface area contributed by atoms with Crippen LogP contribution in [0.1, 0.15) is 15.9 Å². The summed E-state index contributed by atoms with van der Waals surface area (Å²) in [5.41, 5.74) is 4.33. The van der Waals surface area contributed by atoms with E-state index in [2.05, 4.69) is 15.6 Å². The summed E-state index contributed by atoms with van der Waals surface area (Å²) in [6, 6.07) is 33.8. The molecule has 0 aliphatic rings. The van der Waals surface area contributed by atoms with Crippen LogP contribution in [0.3, 0.4) is 0 Å². The molecule has 6 nitrogen and oxygen atoms in total. The second-order valence-electron chi connectivity index (χ2n) is 9.05. The Hall–Kier alpha value is -4.72. The van der Waals surface area contributed by atoms with Crippen molar-refractivity contribution >= 4 is 62.4 Å². The van der Waals surface area contributed by atoms with Crippen LogP contribution < -0.4 is 15.4 Å². The number of oxazole rings is 1. The number of thiocarbonyl (C=S) groups is 1. The van der Waals surface area contributed by atoms with Crippen LogP contribution in [0.2, 0.25) is 5.02 Å². The van der Waals surface area contributed by atoms with Crippen molar-refractivity contribution in [2.45, 2.75) is 6.61 Å². The maximum atomic E-state index is 12.7. The maximum absolute atomic E-state index is 12.7. The molecule has 196 valence electrons. The van der Waals surface area contributed by atoms with Crippen molar-refractivity contribution in [1.29, 1.82) is 0 Å². The summed E-state index contributed by atoms with van der Waals surface area (Å²) >= 11 is 11.8. The summed E-state index contributed by atoms with van der Waals surface area (Å²) in [4.78, 5) is 17.4. The van der Waals surface area contributed by atoms with E-state index in [0.717, 1.165) is 21.9 Å². The number of rotatable bonds is 6. The van der Waals surface area contributed by atoms with E-state index in [1.165, 1.54) is 0 Å². The molecule has 0 spiro atoms. The highest BCUT2D eigenvalue weighted by atomic mass is 35.5. The van der Waals surface area contributed by atoms with Crippen LogP contribution in [-0.2, 0) is 6.61 Å².